The van der Waals surface area contributed by atoms with Gasteiger partial charge in [0.2, 0.25) is 0 Å². The topological polar surface area (TPSA) is 0 Å². The fourth-order valence-corrected chi connectivity index (χ4v) is 1.17. The fraction of sp³-hybridized carbons (Fsp3) is 1.00. The van der Waals surface area contributed by atoms with Crippen LogP contribution in [0.15, 0.2) is 0 Å². The molecular weight excluding hydrogens is 143 g/mol. The monoisotopic (exact) mass is 168 g/mol. The van der Waals surface area contributed by atoms with Crippen LogP contribution in [0.25, 0.3) is 0 Å². The quantitative estimate of drug-likeness (QED) is 0.539. The van der Waals surface area contributed by atoms with Gasteiger partial charge in [0, 0.05) is 0 Å². The maximum atomic E-state index is 5.86. The van der Waals surface area contributed by atoms with E-state index in [2.05, 4.69) is 20.8 Å². The van der Waals surface area contributed by atoms with Gasteiger partial charge in [0.05, 0.1) is 7.85 Å². The smallest absolute Gasteiger partial charge is 0.0699 e. The first-order chi connectivity index (χ1) is 5.70. The maximum Gasteiger partial charge on any atom is 0.0699 e. The van der Waals surface area contributed by atoms with Crippen LogP contribution in [-0.2, 0) is 0 Å². The highest BCUT2D eigenvalue weighted by Crippen LogP contribution is 2.20. The van der Waals surface area contributed by atoms with Gasteiger partial charge in [-0.15, -0.1) is 0 Å². The second-order valence-corrected chi connectivity index (χ2v) is 3.30. The van der Waals surface area contributed by atoms with Gasteiger partial charge in [-0.2, -0.15) is 0 Å². The van der Waals surface area contributed by atoms with Gasteiger partial charge in [0.1, 0.15) is 0 Å². The zero-order valence-corrected chi connectivity index (χ0v) is 9.56. The molecule has 2 unspecified atom stereocenters. The van der Waals surface area contributed by atoms with Gasteiger partial charge in [-0.3, -0.25) is 0 Å². The number of hydrogen-bond donors (Lipinski definition) is 0. The molecular formula is C11H25B. The predicted molar refractivity (Wildman–Crippen MR) is 59.8 cm³/mol. The van der Waals surface area contributed by atoms with E-state index in [0.717, 1.165) is 5.92 Å². The minimum atomic E-state index is 0.444. The van der Waals surface area contributed by atoms with Crippen LogP contribution in [0.4, 0.5) is 0 Å². The van der Waals surface area contributed by atoms with Gasteiger partial charge in [-0.1, -0.05) is 66.1 Å². The van der Waals surface area contributed by atoms with Gasteiger partial charge in [0.25, 0.3) is 0 Å². The van der Waals surface area contributed by atoms with Gasteiger partial charge in [-0.05, 0) is 5.92 Å². The van der Waals surface area contributed by atoms with E-state index >= 15 is 0 Å². The molecule has 72 valence electrons. The number of rotatable bonds is 5. The molecule has 1 heteroatoms. The van der Waals surface area contributed by atoms with Crippen LogP contribution in [0.2, 0.25) is 5.82 Å². The Hall–Kier alpha value is 0.0649. The van der Waals surface area contributed by atoms with Crippen LogP contribution in [0, 0.1) is 5.92 Å². The highest BCUT2D eigenvalue weighted by atomic mass is 14.1. The second-order valence-electron chi connectivity index (χ2n) is 3.30. The molecule has 0 saturated heterocycles. The Morgan fingerprint density at radius 3 is 2.00 bits per heavy atom. The molecule has 0 aromatic carbocycles. The Bertz CT molecular complexity index is 71.4. The summed E-state index contributed by atoms with van der Waals surface area (Å²) in [5, 5.41) is 0. The molecule has 12 heavy (non-hydrogen) atoms. The highest BCUT2D eigenvalue weighted by molar-refractivity contribution is 6.11. The summed E-state index contributed by atoms with van der Waals surface area (Å²) in [4.78, 5) is 0. The average Bonchev–Trinajstić information content (AvgIpc) is 2.08. The van der Waals surface area contributed by atoms with Gasteiger partial charge < -0.3 is 0 Å². The third kappa shape index (κ3) is 10.1. The summed E-state index contributed by atoms with van der Waals surface area (Å²) in [6, 6.07) is 0. The van der Waals surface area contributed by atoms with E-state index < -0.39 is 0 Å². The van der Waals surface area contributed by atoms with Gasteiger partial charge >= 0.3 is 0 Å². The first-order valence-electron chi connectivity index (χ1n) is 5.46. The summed E-state index contributed by atoms with van der Waals surface area (Å²) in [5.74, 6) is 1.25. The molecule has 0 nitrogen and oxygen atoms in total. The van der Waals surface area contributed by atoms with E-state index in [1.165, 1.54) is 25.7 Å². The van der Waals surface area contributed by atoms with Crippen LogP contribution in [0.3, 0.4) is 0 Å². The van der Waals surface area contributed by atoms with Crippen LogP contribution >= 0.6 is 0 Å². The molecule has 0 N–H and O–H groups in total. The molecule has 0 aromatic rings. The molecule has 0 rings (SSSR count). The van der Waals surface area contributed by atoms with Crippen LogP contribution in [0.5, 0.6) is 0 Å². The second kappa shape index (κ2) is 11.1. The average molecular weight is 168 g/mol. The summed E-state index contributed by atoms with van der Waals surface area (Å²) in [7, 11) is 5.86. The summed E-state index contributed by atoms with van der Waals surface area (Å²) < 4.78 is 0. The zero-order chi connectivity index (χ0) is 9.98. The summed E-state index contributed by atoms with van der Waals surface area (Å²) in [6.45, 7) is 10.7. The molecule has 0 aliphatic carbocycles. The van der Waals surface area contributed by atoms with E-state index in [0.29, 0.717) is 5.82 Å². The van der Waals surface area contributed by atoms with Crippen molar-refractivity contribution in [3.05, 3.63) is 0 Å². The molecule has 0 aromatic heterocycles. The Labute approximate surface area is 80.5 Å². The van der Waals surface area contributed by atoms with Gasteiger partial charge in [-0.25, -0.2) is 0 Å². The maximum absolute atomic E-state index is 5.86. The van der Waals surface area contributed by atoms with Crippen molar-refractivity contribution in [3.8, 4) is 0 Å². The predicted octanol–water partition coefficient (Wildman–Crippen LogP) is 4.21. The van der Waals surface area contributed by atoms with E-state index in [9.17, 15) is 0 Å². The minimum Gasteiger partial charge on any atom is -0.0771 e. The van der Waals surface area contributed by atoms with Crippen LogP contribution in [-0.4, -0.2) is 7.85 Å². The Balaban J connectivity index is 0. The summed E-state index contributed by atoms with van der Waals surface area (Å²) >= 11 is 0. The lowest BCUT2D eigenvalue weighted by atomic mass is 9.77. The lowest BCUT2D eigenvalue weighted by Crippen LogP contribution is -1.99. The van der Waals surface area contributed by atoms with Crippen LogP contribution < -0.4 is 0 Å². The molecule has 0 aliphatic rings. The SMILES string of the molecule is CC.[B]C(CCC)CC(C)CC. The van der Waals surface area contributed by atoms with E-state index in [4.69, 9.17) is 7.85 Å². The molecule has 0 saturated carbocycles. The Morgan fingerprint density at radius 2 is 1.67 bits per heavy atom. The van der Waals surface area contributed by atoms with Crippen molar-refractivity contribution in [2.75, 3.05) is 0 Å². The third-order valence-electron chi connectivity index (χ3n) is 2.06. The molecule has 2 radical (unpaired) electrons. The van der Waals surface area contributed by atoms with Crippen molar-refractivity contribution in [2.24, 2.45) is 5.92 Å². The van der Waals surface area contributed by atoms with Crippen LogP contribution in [0.1, 0.15) is 60.3 Å². The normalized spacial score (nSPS) is 14.4. The van der Waals surface area contributed by atoms with Crippen molar-refractivity contribution in [1.82, 2.24) is 0 Å². The highest BCUT2D eigenvalue weighted by Gasteiger charge is 2.04. The lowest BCUT2D eigenvalue weighted by molar-refractivity contribution is 0.482. The van der Waals surface area contributed by atoms with Crippen molar-refractivity contribution in [2.45, 2.75) is 66.1 Å². The molecule has 0 bridgehead atoms. The standard InChI is InChI=1S/C9H19B.C2H6/c1-4-6-9(10)7-8(3)5-2;1-2/h8-9H,4-7H2,1-3H3;1-2H3. The van der Waals surface area contributed by atoms with Crippen molar-refractivity contribution in [1.29, 1.82) is 0 Å². The molecule has 0 amide bonds. The largest absolute Gasteiger partial charge is 0.0771 e. The van der Waals surface area contributed by atoms with Crippen molar-refractivity contribution >= 4 is 7.85 Å². The first-order valence-corrected chi connectivity index (χ1v) is 5.46. The first kappa shape index (κ1) is 14.6. The molecule has 0 aliphatic heterocycles. The summed E-state index contributed by atoms with van der Waals surface area (Å²) in [5.41, 5.74) is 0. The molecule has 2 atom stereocenters. The molecule has 0 spiro atoms. The van der Waals surface area contributed by atoms with E-state index in [1.54, 1.807) is 0 Å². The Morgan fingerprint density at radius 1 is 1.17 bits per heavy atom. The van der Waals surface area contributed by atoms with E-state index in [1.807, 2.05) is 13.8 Å². The van der Waals surface area contributed by atoms with Crippen molar-refractivity contribution in [3.63, 3.8) is 0 Å². The minimum absolute atomic E-state index is 0.444. The summed E-state index contributed by atoms with van der Waals surface area (Å²) in [6.07, 6.45) is 4.86. The number of hydrogen-bond acceptors (Lipinski definition) is 0. The third-order valence-corrected chi connectivity index (χ3v) is 2.06. The Kier molecular flexibility index (Phi) is 13.4. The van der Waals surface area contributed by atoms with E-state index in [-0.39, 0.29) is 0 Å². The van der Waals surface area contributed by atoms with Crippen molar-refractivity contribution < 1.29 is 0 Å². The molecule has 0 fully saturated rings. The fourth-order valence-electron chi connectivity index (χ4n) is 1.17. The van der Waals surface area contributed by atoms with Gasteiger partial charge in [0.15, 0.2) is 0 Å². The zero-order valence-electron chi connectivity index (χ0n) is 9.56. The molecule has 0 heterocycles. The lowest BCUT2D eigenvalue weighted by Gasteiger charge is -2.14.